The molecule has 1 aromatic carbocycles. The van der Waals surface area contributed by atoms with Crippen LogP contribution >= 0.6 is 0 Å². The Bertz CT molecular complexity index is 805. The predicted molar refractivity (Wildman–Crippen MR) is 107 cm³/mol. The number of rotatable bonds is 4. The van der Waals surface area contributed by atoms with Gasteiger partial charge in [0.15, 0.2) is 0 Å². The Balaban J connectivity index is 1.28. The largest absolute Gasteiger partial charge is 0.340 e. The fourth-order valence-electron chi connectivity index (χ4n) is 4.03. The number of aromatic nitrogens is 2. The van der Waals surface area contributed by atoms with Gasteiger partial charge < -0.3 is 14.3 Å². The number of amides is 1. The number of carbonyl (C=O) groups excluding carboxylic acids is 1. The van der Waals surface area contributed by atoms with Crippen molar-refractivity contribution in [3.05, 3.63) is 35.7 Å². The van der Waals surface area contributed by atoms with E-state index >= 15 is 0 Å². The molecule has 2 aliphatic heterocycles. The molecule has 2 aliphatic rings. The molecule has 2 saturated heterocycles. The van der Waals surface area contributed by atoms with Crippen LogP contribution in [-0.2, 0) is 11.3 Å². The predicted octanol–water partition coefficient (Wildman–Crippen LogP) is 2.03. The van der Waals surface area contributed by atoms with Gasteiger partial charge in [0.05, 0.1) is 6.54 Å². The summed E-state index contributed by atoms with van der Waals surface area (Å²) in [6.07, 6.45) is 1.81. The lowest BCUT2D eigenvalue weighted by molar-refractivity contribution is -0.138. The molecular formula is C21H29N5O2. The quantitative estimate of drug-likeness (QED) is 0.805. The van der Waals surface area contributed by atoms with Crippen LogP contribution in [-0.4, -0.2) is 77.1 Å². The normalized spacial score (nSPS) is 19.9. The van der Waals surface area contributed by atoms with Crippen LogP contribution in [0.5, 0.6) is 0 Å². The molecule has 7 heteroatoms. The van der Waals surface area contributed by atoms with Crippen molar-refractivity contribution in [2.24, 2.45) is 5.92 Å². The van der Waals surface area contributed by atoms with Gasteiger partial charge in [0, 0.05) is 37.7 Å². The van der Waals surface area contributed by atoms with E-state index in [4.69, 9.17) is 4.52 Å². The number of aryl methyl sites for hydroxylation is 1. The number of likely N-dealkylation sites (N-methyl/N-ethyl adjacent to an activating group) is 1. The van der Waals surface area contributed by atoms with E-state index in [9.17, 15) is 4.79 Å². The zero-order chi connectivity index (χ0) is 19.5. The van der Waals surface area contributed by atoms with Crippen molar-refractivity contribution in [1.29, 1.82) is 0 Å². The molecule has 0 bridgehead atoms. The molecule has 0 N–H and O–H groups in total. The van der Waals surface area contributed by atoms with Gasteiger partial charge in [-0.15, -0.1) is 0 Å². The maximum atomic E-state index is 12.8. The van der Waals surface area contributed by atoms with Crippen LogP contribution in [0, 0.1) is 12.8 Å². The zero-order valence-electron chi connectivity index (χ0n) is 16.8. The third-order valence-electron chi connectivity index (χ3n) is 5.85. The first-order valence-corrected chi connectivity index (χ1v) is 10.2. The summed E-state index contributed by atoms with van der Waals surface area (Å²) in [4.78, 5) is 23.9. The van der Waals surface area contributed by atoms with Gasteiger partial charge in [-0.25, -0.2) is 0 Å². The minimum Gasteiger partial charge on any atom is -0.340 e. The third-order valence-corrected chi connectivity index (χ3v) is 5.85. The molecule has 0 unspecified atom stereocenters. The minimum absolute atomic E-state index is 0.158. The van der Waals surface area contributed by atoms with E-state index in [0.717, 1.165) is 57.7 Å². The number of piperidine rings is 1. The summed E-state index contributed by atoms with van der Waals surface area (Å²) in [5, 5.41) is 4.13. The molecule has 1 aromatic heterocycles. The molecule has 2 fully saturated rings. The number of likely N-dealkylation sites (tertiary alicyclic amines) is 1. The second kappa shape index (κ2) is 8.41. The van der Waals surface area contributed by atoms with Crippen LogP contribution in [0.2, 0.25) is 0 Å². The summed E-state index contributed by atoms with van der Waals surface area (Å²) in [5.74, 6) is 1.77. The van der Waals surface area contributed by atoms with Crippen LogP contribution in [0.25, 0.3) is 11.4 Å². The molecule has 1 amide bonds. The molecule has 3 heterocycles. The van der Waals surface area contributed by atoms with Gasteiger partial charge in [-0.2, -0.15) is 4.98 Å². The van der Waals surface area contributed by atoms with E-state index in [0.29, 0.717) is 24.2 Å². The minimum atomic E-state index is 0.158. The van der Waals surface area contributed by atoms with Crippen LogP contribution in [0.4, 0.5) is 0 Å². The van der Waals surface area contributed by atoms with E-state index in [1.165, 1.54) is 5.56 Å². The van der Waals surface area contributed by atoms with Gasteiger partial charge in [-0.05, 0) is 46.0 Å². The second-order valence-corrected chi connectivity index (χ2v) is 8.06. The molecular weight excluding hydrogens is 354 g/mol. The monoisotopic (exact) mass is 383 g/mol. The van der Waals surface area contributed by atoms with Crippen LogP contribution in [0.15, 0.2) is 28.8 Å². The highest BCUT2D eigenvalue weighted by Gasteiger charge is 2.30. The highest BCUT2D eigenvalue weighted by molar-refractivity contribution is 5.79. The molecule has 28 heavy (non-hydrogen) atoms. The fourth-order valence-corrected chi connectivity index (χ4v) is 4.03. The van der Waals surface area contributed by atoms with Gasteiger partial charge in [0.25, 0.3) is 0 Å². The van der Waals surface area contributed by atoms with Crippen LogP contribution < -0.4 is 0 Å². The maximum Gasteiger partial charge on any atom is 0.241 e. The third kappa shape index (κ3) is 4.42. The van der Waals surface area contributed by atoms with Crippen molar-refractivity contribution in [3.8, 4) is 11.4 Å². The van der Waals surface area contributed by atoms with Crippen molar-refractivity contribution in [2.45, 2.75) is 26.3 Å². The van der Waals surface area contributed by atoms with Gasteiger partial charge in [0.1, 0.15) is 0 Å². The molecule has 0 saturated carbocycles. The van der Waals surface area contributed by atoms with Crippen LogP contribution in [0.3, 0.4) is 0 Å². The lowest BCUT2D eigenvalue weighted by Crippen LogP contribution is -2.50. The van der Waals surface area contributed by atoms with E-state index in [1.807, 2.05) is 17.0 Å². The van der Waals surface area contributed by atoms with E-state index < -0.39 is 0 Å². The van der Waals surface area contributed by atoms with Crippen molar-refractivity contribution in [1.82, 2.24) is 24.8 Å². The van der Waals surface area contributed by atoms with E-state index in [1.54, 1.807) is 0 Å². The number of nitrogens with zero attached hydrogens (tertiary/aromatic N) is 5. The first-order chi connectivity index (χ1) is 13.6. The number of hydrogen-bond acceptors (Lipinski definition) is 6. The average molecular weight is 383 g/mol. The van der Waals surface area contributed by atoms with E-state index in [-0.39, 0.29) is 5.92 Å². The Kier molecular flexibility index (Phi) is 5.73. The Labute approximate surface area is 166 Å². The Morgan fingerprint density at radius 1 is 1.14 bits per heavy atom. The number of carbonyl (C=O) groups is 1. The Morgan fingerprint density at radius 3 is 2.61 bits per heavy atom. The van der Waals surface area contributed by atoms with Crippen molar-refractivity contribution in [3.63, 3.8) is 0 Å². The average Bonchev–Trinajstić information content (AvgIpc) is 3.17. The highest BCUT2D eigenvalue weighted by atomic mass is 16.5. The summed E-state index contributed by atoms with van der Waals surface area (Å²) in [6, 6.07) is 8.11. The molecule has 2 aromatic rings. The summed E-state index contributed by atoms with van der Waals surface area (Å²) in [5.41, 5.74) is 2.16. The molecule has 0 atom stereocenters. The Hall–Kier alpha value is -2.25. The van der Waals surface area contributed by atoms with Gasteiger partial charge in [0.2, 0.25) is 17.6 Å². The highest BCUT2D eigenvalue weighted by Crippen LogP contribution is 2.23. The summed E-state index contributed by atoms with van der Waals surface area (Å²) in [6.45, 7) is 8.17. The topological polar surface area (TPSA) is 65.7 Å². The molecule has 4 rings (SSSR count). The summed E-state index contributed by atoms with van der Waals surface area (Å²) in [7, 11) is 2.11. The first-order valence-electron chi connectivity index (χ1n) is 10.2. The van der Waals surface area contributed by atoms with Crippen molar-refractivity contribution in [2.75, 3.05) is 46.3 Å². The number of piperazine rings is 1. The molecule has 0 spiro atoms. The molecule has 0 radical (unpaired) electrons. The zero-order valence-corrected chi connectivity index (χ0v) is 16.8. The second-order valence-electron chi connectivity index (χ2n) is 8.06. The maximum absolute atomic E-state index is 12.8. The van der Waals surface area contributed by atoms with Crippen molar-refractivity contribution >= 4 is 5.91 Å². The van der Waals surface area contributed by atoms with Crippen molar-refractivity contribution < 1.29 is 9.32 Å². The molecule has 7 nitrogen and oxygen atoms in total. The summed E-state index contributed by atoms with van der Waals surface area (Å²) < 4.78 is 5.46. The van der Waals surface area contributed by atoms with Gasteiger partial charge >= 0.3 is 0 Å². The van der Waals surface area contributed by atoms with E-state index in [2.05, 4.69) is 46.0 Å². The molecule has 150 valence electrons. The standard InChI is InChI=1S/C21H29N5O2/c1-16-4-3-5-18(14-16)20-22-19(28-23-20)15-25-8-6-17(7-9-25)21(27)26-12-10-24(2)11-13-26/h3-5,14,17H,6-13,15H2,1-2H3. The van der Waals surface area contributed by atoms with Gasteiger partial charge in [-0.1, -0.05) is 28.9 Å². The number of benzene rings is 1. The Morgan fingerprint density at radius 2 is 1.89 bits per heavy atom. The fraction of sp³-hybridized carbons (Fsp3) is 0.571. The number of hydrogen-bond donors (Lipinski definition) is 0. The lowest BCUT2D eigenvalue weighted by Gasteiger charge is -2.37. The molecule has 0 aliphatic carbocycles. The SMILES string of the molecule is Cc1cccc(-c2noc(CN3CCC(C(=O)N4CCN(C)CC4)CC3)n2)c1. The lowest BCUT2D eigenvalue weighted by atomic mass is 9.95. The first kappa shape index (κ1) is 19.1. The smallest absolute Gasteiger partial charge is 0.241 e. The van der Waals surface area contributed by atoms with Gasteiger partial charge in [-0.3, -0.25) is 9.69 Å². The van der Waals surface area contributed by atoms with Crippen LogP contribution in [0.1, 0.15) is 24.3 Å². The summed E-state index contributed by atoms with van der Waals surface area (Å²) >= 11 is 0.